The smallest absolute Gasteiger partial charge is 0.410 e. The number of nitrogens with two attached hydrogens (primary N) is 1. The van der Waals surface area contributed by atoms with Gasteiger partial charge in [0, 0.05) is 40.2 Å². The van der Waals surface area contributed by atoms with E-state index in [-0.39, 0.29) is 32.0 Å². The van der Waals surface area contributed by atoms with E-state index in [2.05, 4.69) is 0 Å². The number of primary amides is 1. The van der Waals surface area contributed by atoms with Gasteiger partial charge in [-0.25, -0.2) is 4.79 Å². The van der Waals surface area contributed by atoms with Gasteiger partial charge >= 0.3 is 6.09 Å². The van der Waals surface area contributed by atoms with Crippen molar-refractivity contribution in [2.75, 3.05) is 33.7 Å². The van der Waals surface area contributed by atoms with Crippen molar-refractivity contribution in [2.24, 2.45) is 11.7 Å². The van der Waals surface area contributed by atoms with Crippen LogP contribution < -0.4 is 5.73 Å². The Balaban J connectivity index is 3.03. The van der Waals surface area contributed by atoms with Crippen molar-refractivity contribution >= 4 is 23.8 Å². The van der Waals surface area contributed by atoms with Crippen LogP contribution in [0.4, 0.5) is 4.79 Å². The van der Waals surface area contributed by atoms with E-state index in [1.54, 1.807) is 48.7 Å². The predicted molar refractivity (Wildman–Crippen MR) is 131 cm³/mol. The van der Waals surface area contributed by atoms with Gasteiger partial charge in [-0.3, -0.25) is 14.4 Å². The third-order valence-corrected chi connectivity index (χ3v) is 5.47. The van der Waals surface area contributed by atoms with Crippen LogP contribution in [0.3, 0.4) is 0 Å². The van der Waals surface area contributed by atoms with Gasteiger partial charge in [-0.05, 0) is 32.8 Å². The largest absolute Gasteiger partial charge is 0.444 e. The molecule has 0 spiro atoms. The molecule has 34 heavy (non-hydrogen) atoms. The summed E-state index contributed by atoms with van der Waals surface area (Å²) in [7, 11) is 3.17. The lowest BCUT2D eigenvalue weighted by Crippen LogP contribution is -2.56. The molecule has 190 valence electrons. The Labute approximate surface area is 203 Å². The number of hydrogen-bond acceptors (Lipinski definition) is 5. The summed E-state index contributed by atoms with van der Waals surface area (Å²) in [6.45, 7) is 9.30. The molecule has 0 aliphatic heterocycles. The highest BCUT2D eigenvalue weighted by molar-refractivity contribution is 5.92. The van der Waals surface area contributed by atoms with Crippen LogP contribution in [0.2, 0.25) is 0 Å². The van der Waals surface area contributed by atoms with Crippen molar-refractivity contribution in [3.05, 3.63) is 35.9 Å². The van der Waals surface area contributed by atoms with Crippen LogP contribution in [-0.4, -0.2) is 83.9 Å². The normalized spacial score (nSPS) is 12.9. The molecule has 0 fully saturated rings. The predicted octanol–water partition coefficient (Wildman–Crippen LogP) is 2.28. The Morgan fingerprint density at radius 2 is 1.53 bits per heavy atom. The number of carbonyl (C=O) groups excluding carboxylic acids is 4. The molecule has 0 aliphatic rings. The number of likely N-dealkylation sites (N-methyl/N-ethyl adjacent to an activating group) is 2. The van der Waals surface area contributed by atoms with Crippen molar-refractivity contribution in [2.45, 2.75) is 59.1 Å². The molecule has 0 saturated heterocycles. The fraction of sp³-hybridized carbons (Fsp3) is 0.600. The first-order valence-corrected chi connectivity index (χ1v) is 11.6. The Kier molecular flexibility index (Phi) is 11.0. The SMILES string of the molecule is CCC(=O)N(CCc1ccccc1)[C@@H](C(=O)N(C)CCN(C)C(=O)OC(C)(C)C)[C@@H](C)C(N)=O. The average Bonchev–Trinajstić information content (AvgIpc) is 2.77. The topological polar surface area (TPSA) is 113 Å². The molecule has 0 saturated carbocycles. The molecule has 1 aromatic carbocycles. The van der Waals surface area contributed by atoms with Crippen molar-refractivity contribution in [3.8, 4) is 0 Å². The molecule has 0 radical (unpaired) electrons. The standard InChI is InChI=1S/C25H40N4O5/c1-8-20(30)29(15-14-19-12-10-9-11-13-19)21(18(2)22(26)31)23(32)27(6)16-17-28(7)24(33)34-25(3,4)5/h9-13,18,21H,8,14-17H2,1-7H3,(H2,26,31)/t18-,21-/m1/s1. The van der Waals surface area contributed by atoms with E-state index >= 15 is 0 Å². The van der Waals surface area contributed by atoms with Crippen LogP contribution in [0.5, 0.6) is 0 Å². The van der Waals surface area contributed by atoms with Gasteiger partial charge in [-0.15, -0.1) is 0 Å². The minimum Gasteiger partial charge on any atom is -0.444 e. The molecule has 2 N–H and O–H groups in total. The lowest BCUT2D eigenvalue weighted by molar-refractivity contribution is -0.149. The molecule has 0 aromatic heterocycles. The highest BCUT2D eigenvalue weighted by atomic mass is 16.6. The summed E-state index contributed by atoms with van der Waals surface area (Å²) in [6.07, 6.45) is 0.225. The third kappa shape index (κ3) is 9.03. The van der Waals surface area contributed by atoms with Crippen LogP contribution in [0.15, 0.2) is 30.3 Å². The second-order valence-corrected chi connectivity index (χ2v) is 9.47. The van der Waals surface area contributed by atoms with E-state index in [1.807, 2.05) is 30.3 Å². The van der Waals surface area contributed by atoms with E-state index in [0.29, 0.717) is 6.42 Å². The maximum Gasteiger partial charge on any atom is 0.410 e. The van der Waals surface area contributed by atoms with E-state index in [1.165, 1.54) is 14.7 Å². The third-order valence-electron chi connectivity index (χ3n) is 5.47. The number of carbonyl (C=O) groups is 4. The minimum absolute atomic E-state index is 0.190. The number of rotatable bonds is 11. The molecule has 1 rings (SSSR count). The number of amides is 4. The van der Waals surface area contributed by atoms with Crippen LogP contribution in [0.25, 0.3) is 0 Å². The molecule has 9 nitrogen and oxygen atoms in total. The summed E-state index contributed by atoms with van der Waals surface area (Å²) >= 11 is 0. The Morgan fingerprint density at radius 3 is 2.03 bits per heavy atom. The molecular formula is C25H40N4O5. The average molecular weight is 477 g/mol. The lowest BCUT2D eigenvalue weighted by Gasteiger charge is -2.36. The van der Waals surface area contributed by atoms with Gasteiger partial charge in [0.05, 0.1) is 5.92 Å². The summed E-state index contributed by atoms with van der Waals surface area (Å²) in [4.78, 5) is 54.9. The number of hydrogen-bond donors (Lipinski definition) is 1. The monoisotopic (exact) mass is 476 g/mol. The second-order valence-electron chi connectivity index (χ2n) is 9.47. The summed E-state index contributed by atoms with van der Waals surface area (Å²) in [5.41, 5.74) is 5.95. The Hall–Kier alpha value is -3.10. The van der Waals surface area contributed by atoms with Crippen molar-refractivity contribution in [1.82, 2.24) is 14.7 Å². The van der Waals surface area contributed by atoms with Gasteiger partial charge < -0.3 is 25.2 Å². The van der Waals surface area contributed by atoms with Gasteiger partial charge in [0.1, 0.15) is 11.6 Å². The zero-order chi connectivity index (χ0) is 26.1. The highest BCUT2D eigenvalue weighted by Gasteiger charge is 2.38. The lowest BCUT2D eigenvalue weighted by atomic mass is 9.96. The molecule has 0 heterocycles. The summed E-state index contributed by atoms with van der Waals surface area (Å²) in [5, 5.41) is 0. The Morgan fingerprint density at radius 1 is 0.971 bits per heavy atom. The van der Waals surface area contributed by atoms with E-state index in [0.717, 1.165) is 5.56 Å². The number of benzene rings is 1. The zero-order valence-corrected chi connectivity index (χ0v) is 21.5. The molecule has 0 bridgehead atoms. The van der Waals surface area contributed by atoms with E-state index < -0.39 is 35.5 Å². The van der Waals surface area contributed by atoms with E-state index in [4.69, 9.17) is 10.5 Å². The van der Waals surface area contributed by atoms with Gasteiger partial charge in [0.15, 0.2) is 0 Å². The maximum absolute atomic E-state index is 13.5. The van der Waals surface area contributed by atoms with Crippen molar-refractivity contribution < 1.29 is 23.9 Å². The van der Waals surface area contributed by atoms with Gasteiger partial charge in [-0.2, -0.15) is 0 Å². The first-order valence-electron chi connectivity index (χ1n) is 11.6. The first kappa shape index (κ1) is 28.9. The fourth-order valence-corrected chi connectivity index (χ4v) is 3.36. The zero-order valence-electron chi connectivity index (χ0n) is 21.5. The van der Waals surface area contributed by atoms with Crippen LogP contribution in [0.1, 0.15) is 46.6 Å². The fourth-order valence-electron chi connectivity index (χ4n) is 3.36. The van der Waals surface area contributed by atoms with Gasteiger partial charge in [0.2, 0.25) is 17.7 Å². The summed E-state index contributed by atoms with van der Waals surface area (Å²) < 4.78 is 5.34. The molecule has 1 aromatic rings. The Bertz CT molecular complexity index is 837. The van der Waals surface area contributed by atoms with Crippen LogP contribution >= 0.6 is 0 Å². The second kappa shape index (κ2) is 13.0. The van der Waals surface area contributed by atoms with Crippen LogP contribution in [-0.2, 0) is 25.5 Å². The molecule has 4 amide bonds. The molecule has 9 heteroatoms. The van der Waals surface area contributed by atoms with Crippen molar-refractivity contribution in [3.63, 3.8) is 0 Å². The summed E-state index contributed by atoms with van der Waals surface area (Å²) in [5.74, 6) is -2.18. The van der Waals surface area contributed by atoms with E-state index in [9.17, 15) is 19.2 Å². The minimum atomic E-state index is -1.04. The first-order chi connectivity index (χ1) is 15.8. The quantitative estimate of drug-likeness (QED) is 0.526. The molecular weight excluding hydrogens is 436 g/mol. The number of ether oxygens (including phenoxy) is 1. The van der Waals surface area contributed by atoms with Gasteiger partial charge in [0.25, 0.3) is 0 Å². The van der Waals surface area contributed by atoms with Crippen molar-refractivity contribution in [1.29, 1.82) is 0 Å². The molecule has 0 unspecified atom stereocenters. The maximum atomic E-state index is 13.5. The molecule has 2 atom stereocenters. The van der Waals surface area contributed by atoms with Gasteiger partial charge in [-0.1, -0.05) is 44.2 Å². The summed E-state index contributed by atoms with van der Waals surface area (Å²) in [6, 6.07) is 8.58. The number of nitrogens with zero attached hydrogens (tertiary/aromatic N) is 3. The molecule has 0 aliphatic carbocycles. The van der Waals surface area contributed by atoms with Crippen LogP contribution in [0, 0.1) is 5.92 Å². The highest BCUT2D eigenvalue weighted by Crippen LogP contribution is 2.17.